The van der Waals surface area contributed by atoms with Crippen LogP contribution in [0, 0.1) is 5.92 Å². The molecular weight excluding hydrogens is 486 g/mol. The van der Waals surface area contributed by atoms with Crippen LogP contribution in [-0.2, 0) is 9.59 Å². The lowest BCUT2D eigenvalue weighted by atomic mass is 9.85. The predicted octanol–water partition coefficient (Wildman–Crippen LogP) is 1.08. The number of benzene rings is 1. The molecule has 0 aliphatic carbocycles. The van der Waals surface area contributed by atoms with E-state index in [1.54, 1.807) is 33.2 Å². The van der Waals surface area contributed by atoms with Crippen molar-refractivity contribution in [1.29, 1.82) is 0 Å². The average molecular weight is 518 g/mol. The summed E-state index contributed by atoms with van der Waals surface area (Å²) in [5.74, 6) is -0.342. The molecule has 3 saturated heterocycles. The normalized spacial score (nSPS) is 23.2. The Hall–Kier alpha value is -3.99. The van der Waals surface area contributed by atoms with E-state index in [0.717, 1.165) is 11.1 Å². The Balaban J connectivity index is 1.21. The van der Waals surface area contributed by atoms with Crippen molar-refractivity contribution in [2.75, 3.05) is 44.3 Å². The highest BCUT2D eigenvalue weighted by Crippen LogP contribution is 2.40. The number of likely N-dealkylation sites (tertiary alicyclic amines) is 2. The maximum atomic E-state index is 13.9. The number of carbonyl (C=O) groups excluding carboxylic acids is 3. The number of H-pyrrole nitrogens is 1. The topological polar surface area (TPSA) is 126 Å². The maximum absolute atomic E-state index is 13.9. The molecule has 1 aromatic carbocycles. The molecule has 1 spiro atoms. The maximum Gasteiger partial charge on any atom is 0.255 e. The number of nitrogens with one attached hydrogen (secondary N) is 1. The van der Waals surface area contributed by atoms with Gasteiger partial charge in [-0.1, -0.05) is 25.1 Å². The number of piperidine rings is 1. The highest BCUT2D eigenvalue weighted by molar-refractivity contribution is 5.98. The van der Waals surface area contributed by atoms with Crippen molar-refractivity contribution in [3.63, 3.8) is 0 Å². The molecule has 2 aromatic heterocycles. The first-order valence-electron chi connectivity index (χ1n) is 13.0. The number of carbonyl (C=O) groups is 3. The minimum Gasteiger partial charge on any atom is -0.391 e. The van der Waals surface area contributed by atoms with Gasteiger partial charge in [0.25, 0.3) is 11.8 Å². The molecule has 6 rings (SSSR count). The molecule has 0 radical (unpaired) electrons. The van der Waals surface area contributed by atoms with Gasteiger partial charge in [0.05, 0.1) is 24.5 Å². The number of aromatic amines is 1. The van der Waals surface area contributed by atoms with Crippen LogP contribution in [-0.4, -0.2) is 104 Å². The first-order valence-corrected chi connectivity index (χ1v) is 13.0. The van der Waals surface area contributed by atoms with Gasteiger partial charge in [0.2, 0.25) is 5.91 Å². The lowest BCUT2D eigenvalue weighted by Gasteiger charge is -2.43. The molecule has 0 bridgehead atoms. The largest absolute Gasteiger partial charge is 0.391 e. The Morgan fingerprint density at radius 2 is 1.87 bits per heavy atom. The third-order valence-corrected chi connectivity index (χ3v) is 8.25. The summed E-state index contributed by atoms with van der Waals surface area (Å²) < 4.78 is 0. The highest BCUT2D eigenvalue weighted by atomic mass is 16.3. The van der Waals surface area contributed by atoms with Gasteiger partial charge in [-0.25, -0.2) is 4.98 Å². The molecule has 3 aliphatic rings. The fraction of sp³-hybridized carbons (Fsp3) is 0.444. The second-order valence-corrected chi connectivity index (χ2v) is 10.6. The van der Waals surface area contributed by atoms with E-state index in [2.05, 4.69) is 20.1 Å². The van der Waals surface area contributed by atoms with Crippen molar-refractivity contribution >= 4 is 34.4 Å². The molecule has 5 heterocycles. The van der Waals surface area contributed by atoms with Gasteiger partial charge in [0.1, 0.15) is 12.1 Å². The molecule has 3 amide bonds. The van der Waals surface area contributed by atoms with E-state index in [1.807, 2.05) is 37.3 Å². The smallest absolute Gasteiger partial charge is 0.255 e. The van der Waals surface area contributed by atoms with Gasteiger partial charge in [-0.15, -0.1) is 0 Å². The Labute approximate surface area is 220 Å². The monoisotopic (exact) mass is 517 g/mol. The minimum atomic E-state index is -0.830. The van der Waals surface area contributed by atoms with Crippen LogP contribution in [0.15, 0.2) is 48.8 Å². The van der Waals surface area contributed by atoms with E-state index in [4.69, 9.17) is 0 Å². The standard InChI is InChI=1S/C27H31N7O4/c1-18-14-32(15-22(18)35)23(36)16-33-17-34(21-5-3-2-4-6-21)27(26(33)38)7-9-31(10-8-27)25(37)20-11-19-13-29-30-24(19)28-12-20/h2-6,11-13,18,22,35H,7-10,14-17H2,1H3,(H,28,29,30)/t18-,22+/m0/s1. The van der Waals surface area contributed by atoms with Crippen molar-refractivity contribution < 1.29 is 19.5 Å². The second-order valence-electron chi connectivity index (χ2n) is 10.6. The van der Waals surface area contributed by atoms with Crippen LogP contribution in [0.2, 0.25) is 0 Å². The zero-order chi connectivity index (χ0) is 26.4. The van der Waals surface area contributed by atoms with Crippen LogP contribution in [0.25, 0.3) is 11.0 Å². The molecule has 3 aromatic rings. The summed E-state index contributed by atoms with van der Waals surface area (Å²) >= 11 is 0. The highest BCUT2D eigenvalue weighted by Gasteiger charge is 2.54. The van der Waals surface area contributed by atoms with Crippen molar-refractivity contribution in [3.05, 3.63) is 54.4 Å². The number of amides is 3. The Morgan fingerprint density at radius 1 is 1.11 bits per heavy atom. The van der Waals surface area contributed by atoms with E-state index in [0.29, 0.717) is 56.9 Å². The van der Waals surface area contributed by atoms with E-state index in [1.165, 1.54) is 0 Å². The van der Waals surface area contributed by atoms with Crippen LogP contribution in [0.4, 0.5) is 5.69 Å². The number of nitrogens with zero attached hydrogens (tertiary/aromatic N) is 6. The van der Waals surface area contributed by atoms with Crippen molar-refractivity contribution in [1.82, 2.24) is 29.9 Å². The zero-order valence-electron chi connectivity index (χ0n) is 21.3. The fourth-order valence-electron chi connectivity index (χ4n) is 5.95. The third kappa shape index (κ3) is 4.07. The molecule has 3 fully saturated rings. The summed E-state index contributed by atoms with van der Waals surface area (Å²) in [7, 11) is 0. The van der Waals surface area contributed by atoms with Gasteiger partial charge in [0.15, 0.2) is 5.65 Å². The lowest BCUT2D eigenvalue weighted by molar-refractivity contribution is -0.140. The van der Waals surface area contributed by atoms with Crippen molar-refractivity contribution in [2.24, 2.45) is 5.92 Å². The van der Waals surface area contributed by atoms with Gasteiger partial charge in [-0.3, -0.25) is 19.5 Å². The summed E-state index contributed by atoms with van der Waals surface area (Å²) in [6.07, 6.45) is 3.56. The van der Waals surface area contributed by atoms with E-state index in [-0.39, 0.29) is 30.2 Å². The fourth-order valence-corrected chi connectivity index (χ4v) is 5.95. The van der Waals surface area contributed by atoms with Gasteiger partial charge < -0.3 is 24.7 Å². The lowest BCUT2D eigenvalue weighted by Crippen LogP contribution is -2.57. The second kappa shape index (κ2) is 9.39. The summed E-state index contributed by atoms with van der Waals surface area (Å²) in [6.45, 7) is 3.81. The van der Waals surface area contributed by atoms with Gasteiger partial charge >= 0.3 is 0 Å². The number of aliphatic hydroxyl groups is 1. The number of aliphatic hydroxyl groups excluding tert-OH is 1. The molecule has 11 nitrogen and oxygen atoms in total. The first-order chi connectivity index (χ1) is 18.4. The number of para-hydroxylation sites is 1. The molecule has 0 saturated carbocycles. The number of aromatic nitrogens is 3. The summed E-state index contributed by atoms with van der Waals surface area (Å²) in [5.41, 5.74) is 1.20. The Kier molecular flexibility index (Phi) is 6.02. The molecule has 2 atom stereocenters. The van der Waals surface area contributed by atoms with Crippen molar-refractivity contribution in [3.8, 4) is 0 Å². The van der Waals surface area contributed by atoms with Crippen LogP contribution >= 0.6 is 0 Å². The number of hydrogen-bond donors (Lipinski definition) is 2. The SMILES string of the molecule is C[C@H]1CN(C(=O)CN2CN(c3ccccc3)C3(CCN(C(=O)c4cnc5[nH]ncc5c4)CC3)C2=O)C[C@H]1O. The Morgan fingerprint density at radius 3 is 2.58 bits per heavy atom. The van der Waals surface area contributed by atoms with Crippen molar-refractivity contribution in [2.45, 2.75) is 31.4 Å². The molecule has 3 aliphatic heterocycles. The van der Waals surface area contributed by atoms with Gasteiger partial charge in [-0.05, 0) is 31.0 Å². The van der Waals surface area contributed by atoms with E-state index >= 15 is 0 Å². The average Bonchev–Trinajstić information content (AvgIpc) is 3.62. The number of fused-ring (bicyclic) bond motifs is 1. The van der Waals surface area contributed by atoms with Crippen LogP contribution in [0.3, 0.4) is 0 Å². The third-order valence-electron chi connectivity index (χ3n) is 8.25. The van der Waals surface area contributed by atoms with Crippen LogP contribution in [0.5, 0.6) is 0 Å². The molecule has 38 heavy (non-hydrogen) atoms. The molecule has 11 heteroatoms. The molecule has 198 valence electrons. The molecule has 2 N–H and O–H groups in total. The number of pyridine rings is 1. The van der Waals surface area contributed by atoms with Crippen LogP contribution < -0.4 is 4.90 Å². The van der Waals surface area contributed by atoms with E-state index < -0.39 is 11.6 Å². The first kappa shape index (κ1) is 24.4. The summed E-state index contributed by atoms with van der Waals surface area (Å²) in [6, 6.07) is 11.5. The number of anilines is 1. The molecular formula is C27H31N7O4. The van der Waals surface area contributed by atoms with Gasteiger partial charge in [0, 0.05) is 49.4 Å². The zero-order valence-corrected chi connectivity index (χ0v) is 21.3. The summed E-state index contributed by atoms with van der Waals surface area (Å²) in [4.78, 5) is 51.7. The Bertz CT molecular complexity index is 1360. The number of β-amino-alcohol motifs (C(OH)–C–C–N with tert-alkyl or cyclic N) is 1. The number of rotatable bonds is 4. The number of hydrogen-bond acceptors (Lipinski definition) is 7. The van der Waals surface area contributed by atoms with E-state index in [9.17, 15) is 19.5 Å². The molecule has 0 unspecified atom stereocenters. The van der Waals surface area contributed by atoms with Crippen LogP contribution in [0.1, 0.15) is 30.1 Å². The quantitative estimate of drug-likeness (QED) is 0.530. The summed E-state index contributed by atoms with van der Waals surface area (Å²) in [5, 5.41) is 17.6. The minimum absolute atomic E-state index is 0.0201. The predicted molar refractivity (Wildman–Crippen MR) is 139 cm³/mol. The van der Waals surface area contributed by atoms with Gasteiger partial charge in [-0.2, -0.15) is 5.10 Å².